The van der Waals surface area contributed by atoms with E-state index in [1.807, 2.05) is 4.98 Å². The molecule has 0 aromatic carbocycles. The van der Waals surface area contributed by atoms with E-state index in [2.05, 4.69) is 13.1 Å². The van der Waals surface area contributed by atoms with Crippen LogP contribution in [0.15, 0.2) is 15.8 Å². The number of phosphoric ester groups is 1. The number of ether oxygens (including phenoxy) is 1. The first kappa shape index (κ1) is 25.2. The first-order chi connectivity index (χ1) is 13.5. The van der Waals surface area contributed by atoms with Gasteiger partial charge in [0.2, 0.25) is 0 Å². The number of aromatic nitrogens is 2. The van der Waals surface area contributed by atoms with E-state index >= 15 is 0 Å². The molecule has 1 aliphatic rings. The lowest BCUT2D eigenvalue weighted by molar-refractivity contribution is -0.0483. The van der Waals surface area contributed by atoms with Crippen LogP contribution in [0, 0.1) is 6.92 Å². The molecule has 2 unspecified atom stereocenters. The van der Waals surface area contributed by atoms with E-state index in [4.69, 9.17) is 19.4 Å². The van der Waals surface area contributed by atoms with Crippen molar-refractivity contribution in [2.24, 2.45) is 0 Å². The summed E-state index contributed by atoms with van der Waals surface area (Å²) >= 11 is 0. The molecule has 0 saturated carbocycles. The number of aromatic amines is 1. The minimum atomic E-state index is -5.76. The van der Waals surface area contributed by atoms with Gasteiger partial charge in [-0.2, -0.15) is 8.62 Å². The Kier molecular flexibility index (Phi) is 7.41. The zero-order valence-corrected chi connectivity index (χ0v) is 17.4. The molecule has 0 radical (unpaired) electrons. The van der Waals surface area contributed by atoms with Gasteiger partial charge >= 0.3 is 29.2 Å². The van der Waals surface area contributed by atoms with Crippen LogP contribution in [0.25, 0.3) is 0 Å². The fraction of sp³-hybridized carbons (Fsp3) is 0.600. The van der Waals surface area contributed by atoms with Crippen LogP contribution in [-0.2, 0) is 31.6 Å². The molecule has 16 nitrogen and oxygen atoms in total. The number of phosphoric acid groups is 3. The summed E-state index contributed by atoms with van der Waals surface area (Å²) in [7, 11) is -16.9. The van der Waals surface area contributed by atoms with Crippen LogP contribution >= 0.6 is 23.5 Å². The summed E-state index contributed by atoms with van der Waals surface area (Å²) in [4.78, 5) is 60.4. The number of hydrogen-bond acceptors (Lipinski definition) is 10. The SMILES string of the molecule is Cc1cn([C@@H]2O[C@H](COP(=O)(O)OP(=O)(O)OP(=O)(O)O)[C@@H](O)[C@@H]2F)c(=O)[nH]c1=O. The van der Waals surface area contributed by atoms with Crippen molar-refractivity contribution >= 4 is 23.5 Å². The van der Waals surface area contributed by atoms with Crippen molar-refractivity contribution in [3.8, 4) is 0 Å². The van der Waals surface area contributed by atoms with Gasteiger partial charge in [-0.3, -0.25) is 18.9 Å². The summed E-state index contributed by atoms with van der Waals surface area (Å²) in [5, 5.41) is 9.87. The van der Waals surface area contributed by atoms with Crippen molar-refractivity contribution in [2.75, 3.05) is 6.61 Å². The third-order valence-corrected chi connectivity index (χ3v) is 7.33. The lowest BCUT2D eigenvalue weighted by Gasteiger charge is -2.19. The highest BCUT2D eigenvalue weighted by Crippen LogP contribution is 2.66. The Labute approximate surface area is 165 Å². The van der Waals surface area contributed by atoms with Gasteiger partial charge in [0.15, 0.2) is 12.4 Å². The third kappa shape index (κ3) is 6.47. The van der Waals surface area contributed by atoms with Crippen LogP contribution in [0.2, 0.25) is 0 Å². The van der Waals surface area contributed by atoms with Crippen LogP contribution in [-0.4, -0.2) is 59.2 Å². The molecule has 172 valence electrons. The van der Waals surface area contributed by atoms with E-state index < -0.39 is 65.9 Å². The van der Waals surface area contributed by atoms with Crippen LogP contribution < -0.4 is 11.2 Å². The maximum atomic E-state index is 14.4. The molecule has 30 heavy (non-hydrogen) atoms. The van der Waals surface area contributed by atoms with Gasteiger partial charge in [-0.1, -0.05) is 0 Å². The van der Waals surface area contributed by atoms with E-state index in [1.165, 1.54) is 6.92 Å². The Morgan fingerprint density at radius 3 is 2.33 bits per heavy atom. The second kappa shape index (κ2) is 8.82. The predicted molar refractivity (Wildman–Crippen MR) is 90.7 cm³/mol. The number of halogens is 1. The minimum Gasteiger partial charge on any atom is -0.387 e. The van der Waals surface area contributed by atoms with E-state index in [9.17, 15) is 37.7 Å². The number of hydrogen-bond donors (Lipinski definition) is 6. The van der Waals surface area contributed by atoms with Crippen molar-refractivity contribution < 1.29 is 60.6 Å². The number of nitrogens with one attached hydrogen (secondary N) is 1. The van der Waals surface area contributed by atoms with Gasteiger partial charge in [0.05, 0.1) is 6.61 Å². The van der Waals surface area contributed by atoms with Gasteiger partial charge in [-0.05, 0) is 6.92 Å². The average Bonchev–Trinajstić information content (AvgIpc) is 2.81. The summed E-state index contributed by atoms with van der Waals surface area (Å²) in [5.74, 6) is 0. The van der Waals surface area contributed by atoms with Crippen molar-refractivity contribution in [1.29, 1.82) is 0 Å². The van der Waals surface area contributed by atoms with Crippen LogP contribution in [0.1, 0.15) is 11.8 Å². The fourth-order valence-corrected chi connectivity index (χ4v) is 5.34. The highest BCUT2D eigenvalue weighted by molar-refractivity contribution is 7.66. The molecule has 1 aliphatic heterocycles. The molecule has 2 heterocycles. The highest BCUT2D eigenvalue weighted by atomic mass is 31.3. The van der Waals surface area contributed by atoms with E-state index in [0.717, 1.165) is 6.20 Å². The third-order valence-electron chi connectivity index (χ3n) is 3.53. The smallest absolute Gasteiger partial charge is 0.387 e. The van der Waals surface area contributed by atoms with Gasteiger partial charge in [0.1, 0.15) is 12.2 Å². The standard InChI is InChI=1S/C10H16FN2O14P3/c1-4-2-13(10(16)12-8(4)15)9-6(11)7(14)5(25-9)3-24-29(20,21)27-30(22,23)26-28(17,18)19/h2,5-7,9,14H,3H2,1H3,(H,20,21)(H,22,23)(H,12,15,16)(H2,17,18,19)/t5-,6+,7-,9-/m1/s1. The summed E-state index contributed by atoms with van der Waals surface area (Å²) in [6.07, 6.45) is -6.79. The number of H-pyrrole nitrogens is 1. The molecule has 2 rings (SSSR count). The zero-order chi connectivity index (χ0) is 23.1. The van der Waals surface area contributed by atoms with Crippen molar-refractivity contribution in [1.82, 2.24) is 9.55 Å². The normalized spacial score (nSPS) is 28.8. The summed E-state index contributed by atoms with van der Waals surface area (Å²) in [6.45, 7) is 0.180. The molecule has 0 bridgehead atoms. The molecule has 1 saturated heterocycles. The molecule has 1 aromatic heterocycles. The molecule has 1 aromatic rings. The summed E-state index contributed by atoms with van der Waals surface area (Å²) in [6, 6.07) is 0. The second-order valence-electron chi connectivity index (χ2n) is 5.87. The van der Waals surface area contributed by atoms with Gasteiger partial charge in [0.25, 0.3) is 5.56 Å². The van der Waals surface area contributed by atoms with Gasteiger partial charge in [-0.15, -0.1) is 0 Å². The van der Waals surface area contributed by atoms with E-state index in [-0.39, 0.29) is 5.56 Å². The van der Waals surface area contributed by atoms with Crippen LogP contribution in [0.5, 0.6) is 0 Å². The topological polar surface area (TPSA) is 244 Å². The Morgan fingerprint density at radius 2 is 1.77 bits per heavy atom. The first-order valence-electron chi connectivity index (χ1n) is 7.59. The van der Waals surface area contributed by atoms with Gasteiger partial charge in [0, 0.05) is 11.8 Å². The molecule has 0 aliphatic carbocycles. The molecule has 0 spiro atoms. The second-order valence-corrected chi connectivity index (χ2v) is 10.3. The van der Waals surface area contributed by atoms with E-state index in [0.29, 0.717) is 4.57 Å². The lowest BCUT2D eigenvalue weighted by Crippen LogP contribution is -2.36. The van der Waals surface area contributed by atoms with E-state index in [1.54, 1.807) is 0 Å². The minimum absolute atomic E-state index is 0.0107. The quantitative estimate of drug-likeness (QED) is 0.229. The number of aliphatic hydroxyl groups excluding tert-OH is 1. The van der Waals surface area contributed by atoms with Crippen LogP contribution in [0.4, 0.5) is 4.39 Å². The molecular weight excluding hydrogens is 484 g/mol. The molecule has 20 heteroatoms. The fourth-order valence-electron chi connectivity index (χ4n) is 2.31. The first-order valence-corrected chi connectivity index (χ1v) is 12.1. The van der Waals surface area contributed by atoms with Gasteiger partial charge < -0.3 is 29.4 Å². The zero-order valence-electron chi connectivity index (χ0n) is 14.7. The Hall–Kier alpha value is -1.06. The van der Waals surface area contributed by atoms with Crippen LogP contribution in [0.3, 0.4) is 0 Å². The largest absolute Gasteiger partial charge is 0.490 e. The number of aliphatic hydroxyl groups is 1. The molecule has 6 atom stereocenters. The van der Waals surface area contributed by atoms with Crippen molar-refractivity contribution in [2.45, 2.75) is 31.5 Å². The molecule has 6 N–H and O–H groups in total. The Bertz CT molecular complexity index is 1050. The Morgan fingerprint density at radius 1 is 1.17 bits per heavy atom. The number of nitrogens with zero attached hydrogens (tertiary/aromatic N) is 1. The van der Waals surface area contributed by atoms with Crippen molar-refractivity contribution in [3.05, 3.63) is 32.6 Å². The monoisotopic (exact) mass is 500 g/mol. The average molecular weight is 500 g/mol. The highest BCUT2D eigenvalue weighted by Gasteiger charge is 2.47. The predicted octanol–water partition coefficient (Wildman–Crippen LogP) is -1.22. The summed E-state index contributed by atoms with van der Waals surface area (Å²) in [5.41, 5.74) is -1.80. The summed E-state index contributed by atoms with van der Waals surface area (Å²) < 4.78 is 64.8. The number of aryl methyl sites for hydroxylation is 1. The maximum absolute atomic E-state index is 14.4. The molecule has 1 fully saturated rings. The maximum Gasteiger partial charge on any atom is 0.490 e. The number of rotatable bonds is 8. The van der Waals surface area contributed by atoms with Gasteiger partial charge in [-0.25, -0.2) is 22.9 Å². The molecule has 0 amide bonds. The van der Waals surface area contributed by atoms with Crippen molar-refractivity contribution in [3.63, 3.8) is 0 Å². The lowest BCUT2D eigenvalue weighted by atomic mass is 10.1. The number of alkyl halides is 1. The Balaban J connectivity index is 2.09. The molecular formula is C10H16FN2O14P3.